The van der Waals surface area contributed by atoms with Gasteiger partial charge in [0.1, 0.15) is 5.52 Å². The highest BCUT2D eigenvalue weighted by atomic mass is 16.5. The van der Waals surface area contributed by atoms with Crippen molar-refractivity contribution < 1.29 is 9.47 Å². The average Bonchev–Trinajstić information content (AvgIpc) is 3.16. The van der Waals surface area contributed by atoms with Crippen LogP contribution in [0.3, 0.4) is 0 Å². The highest BCUT2D eigenvalue weighted by molar-refractivity contribution is 5.68. The fourth-order valence-electron chi connectivity index (χ4n) is 3.26. The van der Waals surface area contributed by atoms with Crippen LogP contribution in [0.2, 0.25) is 0 Å². The summed E-state index contributed by atoms with van der Waals surface area (Å²) in [4.78, 5) is 13.0. The molecule has 142 valence electrons. The molecule has 0 saturated heterocycles. The van der Waals surface area contributed by atoms with Crippen LogP contribution in [0.1, 0.15) is 11.1 Å². The maximum atomic E-state index is 13.0. The SMILES string of the molecule is COc1ccc(-c2cc3c(=O)n(Cc4ccccc4C)ccn3n2)cc1OC. The van der Waals surface area contributed by atoms with Gasteiger partial charge in [-0.2, -0.15) is 5.10 Å². The lowest BCUT2D eigenvalue weighted by molar-refractivity contribution is 0.355. The quantitative estimate of drug-likeness (QED) is 0.535. The van der Waals surface area contributed by atoms with Crippen molar-refractivity contribution in [2.24, 2.45) is 0 Å². The molecule has 0 radical (unpaired) electrons. The molecule has 4 rings (SSSR count). The second-order valence-electron chi connectivity index (χ2n) is 6.59. The number of fused-ring (bicyclic) bond motifs is 1. The van der Waals surface area contributed by atoms with Gasteiger partial charge in [0.2, 0.25) is 0 Å². The van der Waals surface area contributed by atoms with Crippen LogP contribution in [0.4, 0.5) is 0 Å². The van der Waals surface area contributed by atoms with E-state index in [2.05, 4.69) is 5.10 Å². The van der Waals surface area contributed by atoms with E-state index in [0.29, 0.717) is 29.3 Å². The Labute approximate surface area is 162 Å². The van der Waals surface area contributed by atoms with E-state index < -0.39 is 0 Å². The number of aromatic nitrogens is 3. The maximum absolute atomic E-state index is 13.0. The monoisotopic (exact) mass is 375 g/mol. The van der Waals surface area contributed by atoms with Crippen LogP contribution in [0.5, 0.6) is 11.5 Å². The van der Waals surface area contributed by atoms with Crippen molar-refractivity contribution in [2.45, 2.75) is 13.5 Å². The molecule has 0 atom stereocenters. The molecule has 0 N–H and O–H groups in total. The fraction of sp³-hybridized carbons (Fsp3) is 0.182. The second-order valence-corrected chi connectivity index (χ2v) is 6.59. The van der Waals surface area contributed by atoms with Crippen molar-refractivity contribution in [1.82, 2.24) is 14.2 Å². The zero-order valence-electron chi connectivity index (χ0n) is 16.0. The van der Waals surface area contributed by atoms with Gasteiger partial charge in [-0.15, -0.1) is 0 Å². The first-order valence-electron chi connectivity index (χ1n) is 8.96. The number of hydrogen-bond acceptors (Lipinski definition) is 4. The molecule has 0 amide bonds. The maximum Gasteiger partial charge on any atom is 0.276 e. The van der Waals surface area contributed by atoms with E-state index in [-0.39, 0.29) is 5.56 Å². The molecule has 28 heavy (non-hydrogen) atoms. The Morgan fingerprint density at radius 1 is 0.964 bits per heavy atom. The number of benzene rings is 2. The van der Waals surface area contributed by atoms with Crippen LogP contribution in [-0.2, 0) is 6.54 Å². The minimum atomic E-state index is -0.0787. The van der Waals surface area contributed by atoms with E-state index >= 15 is 0 Å². The minimum Gasteiger partial charge on any atom is -0.493 e. The number of hydrogen-bond donors (Lipinski definition) is 0. The molecule has 6 heteroatoms. The van der Waals surface area contributed by atoms with Gasteiger partial charge in [0.15, 0.2) is 11.5 Å². The van der Waals surface area contributed by atoms with Gasteiger partial charge >= 0.3 is 0 Å². The van der Waals surface area contributed by atoms with Crippen LogP contribution < -0.4 is 15.0 Å². The van der Waals surface area contributed by atoms with Crippen molar-refractivity contribution in [2.75, 3.05) is 14.2 Å². The summed E-state index contributed by atoms with van der Waals surface area (Å²) in [6.45, 7) is 2.58. The Bertz CT molecular complexity index is 1210. The first kappa shape index (κ1) is 17.9. The number of methoxy groups -OCH3 is 2. The molecule has 2 aromatic heterocycles. The summed E-state index contributed by atoms with van der Waals surface area (Å²) in [5.74, 6) is 1.27. The topological polar surface area (TPSA) is 57.8 Å². The van der Waals surface area contributed by atoms with Gasteiger partial charge in [-0.1, -0.05) is 24.3 Å². The molecule has 0 spiro atoms. The molecule has 0 fully saturated rings. The third-order valence-corrected chi connectivity index (χ3v) is 4.88. The van der Waals surface area contributed by atoms with E-state index in [0.717, 1.165) is 16.7 Å². The highest BCUT2D eigenvalue weighted by Crippen LogP contribution is 2.31. The Balaban J connectivity index is 1.75. The van der Waals surface area contributed by atoms with Crippen LogP contribution in [0, 0.1) is 6.92 Å². The molecule has 2 aromatic carbocycles. The molecule has 0 aliphatic carbocycles. The molecular weight excluding hydrogens is 354 g/mol. The highest BCUT2D eigenvalue weighted by Gasteiger charge is 2.12. The summed E-state index contributed by atoms with van der Waals surface area (Å²) >= 11 is 0. The van der Waals surface area contributed by atoms with Crippen molar-refractivity contribution in [3.05, 3.63) is 82.4 Å². The lowest BCUT2D eigenvalue weighted by Crippen LogP contribution is -2.22. The zero-order valence-corrected chi connectivity index (χ0v) is 16.0. The third-order valence-electron chi connectivity index (χ3n) is 4.88. The number of aryl methyl sites for hydroxylation is 1. The van der Waals surface area contributed by atoms with Gasteiger partial charge in [0.05, 0.1) is 26.5 Å². The van der Waals surface area contributed by atoms with Gasteiger partial charge in [-0.05, 0) is 42.3 Å². The van der Waals surface area contributed by atoms with E-state index in [4.69, 9.17) is 9.47 Å². The Morgan fingerprint density at radius 2 is 1.75 bits per heavy atom. The van der Waals surface area contributed by atoms with Crippen LogP contribution >= 0.6 is 0 Å². The van der Waals surface area contributed by atoms with Crippen LogP contribution in [0.25, 0.3) is 16.8 Å². The molecule has 0 aliphatic rings. The largest absolute Gasteiger partial charge is 0.493 e. The number of rotatable bonds is 5. The van der Waals surface area contributed by atoms with Crippen LogP contribution in [0.15, 0.2) is 65.7 Å². The zero-order chi connectivity index (χ0) is 19.7. The van der Waals surface area contributed by atoms with Gasteiger partial charge in [0, 0.05) is 18.0 Å². The smallest absolute Gasteiger partial charge is 0.276 e. The van der Waals surface area contributed by atoms with Gasteiger partial charge in [-0.25, -0.2) is 4.52 Å². The third kappa shape index (κ3) is 3.13. The summed E-state index contributed by atoms with van der Waals surface area (Å²) < 4.78 is 14.0. The predicted octanol–water partition coefficient (Wildman–Crippen LogP) is 3.54. The van der Waals surface area contributed by atoms with E-state index in [9.17, 15) is 4.79 Å². The summed E-state index contributed by atoms with van der Waals surface area (Å²) in [7, 11) is 3.19. The molecule has 0 unspecified atom stereocenters. The summed E-state index contributed by atoms with van der Waals surface area (Å²) in [5.41, 5.74) is 4.28. The Morgan fingerprint density at radius 3 is 2.50 bits per heavy atom. The molecule has 0 saturated carbocycles. The van der Waals surface area contributed by atoms with Crippen molar-refractivity contribution >= 4 is 5.52 Å². The molecule has 0 aliphatic heterocycles. The molecule has 6 nitrogen and oxygen atoms in total. The Hall–Kier alpha value is -3.54. The first-order valence-corrected chi connectivity index (χ1v) is 8.96. The van der Waals surface area contributed by atoms with Gasteiger partial charge < -0.3 is 14.0 Å². The lowest BCUT2D eigenvalue weighted by Gasteiger charge is -2.08. The Kier molecular flexibility index (Phi) is 4.61. The standard InChI is InChI=1S/C22H21N3O3/c1-15-6-4-5-7-17(15)14-24-10-11-25-19(22(24)26)13-18(23-25)16-8-9-20(27-2)21(12-16)28-3/h4-13H,14H2,1-3H3. The van der Waals surface area contributed by atoms with E-state index in [1.165, 1.54) is 0 Å². The summed E-state index contributed by atoms with van der Waals surface area (Å²) in [6, 6.07) is 15.5. The van der Waals surface area contributed by atoms with E-state index in [1.807, 2.05) is 49.4 Å². The molecule has 4 aromatic rings. The molecular formula is C22H21N3O3. The molecule has 0 bridgehead atoms. The predicted molar refractivity (Wildman–Crippen MR) is 108 cm³/mol. The van der Waals surface area contributed by atoms with Crippen molar-refractivity contribution in [3.8, 4) is 22.8 Å². The van der Waals surface area contributed by atoms with Crippen molar-refractivity contribution in [3.63, 3.8) is 0 Å². The average molecular weight is 375 g/mol. The minimum absolute atomic E-state index is 0.0787. The fourth-order valence-corrected chi connectivity index (χ4v) is 3.26. The first-order chi connectivity index (χ1) is 13.6. The van der Waals surface area contributed by atoms with E-state index in [1.54, 1.807) is 41.8 Å². The van der Waals surface area contributed by atoms with Crippen molar-refractivity contribution in [1.29, 1.82) is 0 Å². The second kappa shape index (κ2) is 7.23. The summed E-state index contributed by atoms with van der Waals surface area (Å²) in [5, 5.41) is 4.55. The van der Waals surface area contributed by atoms with Crippen LogP contribution in [-0.4, -0.2) is 28.4 Å². The molecule has 2 heterocycles. The summed E-state index contributed by atoms with van der Waals surface area (Å²) in [6.07, 6.45) is 3.58. The van der Waals surface area contributed by atoms with Gasteiger partial charge in [-0.3, -0.25) is 4.79 Å². The normalized spacial score (nSPS) is 11.0. The number of ether oxygens (including phenoxy) is 2. The number of nitrogens with zero attached hydrogens (tertiary/aromatic N) is 3. The van der Waals surface area contributed by atoms with Gasteiger partial charge in [0.25, 0.3) is 5.56 Å². The lowest BCUT2D eigenvalue weighted by atomic mass is 10.1.